The fourth-order valence-corrected chi connectivity index (χ4v) is 4.67. The fraction of sp³-hybridized carbons (Fsp3) is 0.412. The number of carbonyl (C=O) groups excluding carboxylic acids is 1. The summed E-state index contributed by atoms with van der Waals surface area (Å²) in [5.41, 5.74) is 0.0213. The van der Waals surface area contributed by atoms with Crippen molar-refractivity contribution in [3.8, 4) is 0 Å². The number of hydrogen-bond acceptors (Lipinski definition) is 9. The zero-order valence-corrected chi connectivity index (χ0v) is 17.7. The molecule has 0 atom stereocenters. The molecule has 3 aromatic heterocycles. The zero-order valence-electron chi connectivity index (χ0n) is 16.0. The van der Waals surface area contributed by atoms with Crippen molar-refractivity contribution in [3.05, 3.63) is 30.6 Å². The van der Waals surface area contributed by atoms with E-state index in [1.165, 1.54) is 29.2 Å². The Bertz CT molecular complexity index is 1090. The zero-order chi connectivity index (χ0) is 22.0. The topological polar surface area (TPSA) is 101 Å². The molecule has 1 aliphatic heterocycles. The summed E-state index contributed by atoms with van der Waals surface area (Å²) in [6, 6.07) is 3.05. The van der Waals surface area contributed by atoms with Gasteiger partial charge in [-0.05, 0) is 25.0 Å². The van der Waals surface area contributed by atoms with Gasteiger partial charge in [-0.1, -0.05) is 29.2 Å². The number of fused-ring (bicyclic) bond motifs is 1. The third-order valence-electron chi connectivity index (χ3n) is 4.65. The molecular formula is C17H17F3N8OS2. The molecule has 14 heteroatoms. The van der Waals surface area contributed by atoms with Crippen molar-refractivity contribution in [1.29, 1.82) is 0 Å². The van der Waals surface area contributed by atoms with E-state index in [0.717, 1.165) is 4.34 Å². The molecule has 1 N–H and O–H groups in total. The van der Waals surface area contributed by atoms with Crippen molar-refractivity contribution in [1.82, 2.24) is 30.0 Å². The third kappa shape index (κ3) is 4.79. The predicted molar refractivity (Wildman–Crippen MR) is 110 cm³/mol. The molecule has 31 heavy (non-hydrogen) atoms. The van der Waals surface area contributed by atoms with Crippen LogP contribution in [-0.2, 0) is 11.0 Å². The maximum Gasteiger partial charge on any atom is 0.453 e. The van der Waals surface area contributed by atoms with Crippen LogP contribution >= 0.6 is 23.1 Å². The van der Waals surface area contributed by atoms with Crippen molar-refractivity contribution >= 4 is 45.6 Å². The fourth-order valence-electron chi connectivity index (χ4n) is 3.15. The van der Waals surface area contributed by atoms with Crippen molar-refractivity contribution in [2.24, 2.45) is 5.92 Å². The molecule has 0 aromatic carbocycles. The Morgan fingerprint density at radius 1 is 1.26 bits per heavy atom. The molecular weight excluding hydrogens is 453 g/mol. The molecule has 0 unspecified atom stereocenters. The molecule has 0 saturated carbocycles. The van der Waals surface area contributed by atoms with Crippen LogP contribution in [0.2, 0.25) is 0 Å². The first-order valence-electron chi connectivity index (χ1n) is 9.28. The van der Waals surface area contributed by atoms with Gasteiger partial charge in [0.2, 0.25) is 11.0 Å². The maximum atomic E-state index is 13.1. The van der Waals surface area contributed by atoms with Crippen LogP contribution in [0.4, 0.5) is 24.1 Å². The van der Waals surface area contributed by atoms with Gasteiger partial charge in [-0.3, -0.25) is 4.79 Å². The van der Waals surface area contributed by atoms with Gasteiger partial charge in [-0.25, -0.2) is 0 Å². The summed E-state index contributed by atoms with van der Waals surface area (Å²) in [6.45, 7) is 4.61. The smallest absolute Gasteiger partial charge is 0.355 e. The van der Waals surface area contributed by atoms with Crippen LogP contribution in [0.5, 0.6) is 0 Å². The summed E-state index contributed by atoms with van der Waals surface area (Å²) in [5.74, 6) is -0.446. The van der Waals surface area contributed by atoms with Gasteiger partial charge in [0.15, 0.2) is 9.99 Å². The van der Waals surface area contributed by atoms with E-state index in [2.05, 4.69) is 37.4 Å². The summed E-state index contributed by atoms with van der Waals surface area (Å²) >= 11 is 2.79. The molecule has 4 rings (SSSR count). The largest absolute Gasteiger partial charge is 0.453 e. The number of halogens is 3. The number of piperidine rings is 1. The highest BCUT2D eigenvalue weighted by molar-refractivity contribution is 8.01. The molecule has 0 aliphatic carbocycles. The van der Waals surface area contributed by atoms with E-state index < -0.39 is 12.0 Å². The molecule has 164 valence electrons. The number of carbonyl (C=O) groups is 1. The van der Waals surface area contributed by atoms with Gasteiger partial charge in [-0.15, -0.1) is 32.1 Å². The lowest BCUT2D eigenvalue weighted by Crippen LogP contribution is -2.38. The molecule has 3 aromatic rings. The first-order chi connectivity index (χ1) is 14.8. The molecule has 1 aliphatic rings. The van der Waals surface area contributed by atoms with E-state index in [0.29, 0.717) is 47.1 Å². The number of nitrogens with zero attached hydrogens (tertiary/aromatic N) is 7. The van der Waals surface area contributed by atoms with Crippen molar-refractivity contribution < 1.29 is 18.0 Å². The lowest BCUT2D eigenvalue weighted by atomic mass is 9.96. The van der Waals surface area contributed by atoms with Crippen LogP contribution in [0.15, 0.2) is 29.1 Å². The summed E-state index contributed by atoms with van der Waals surface area (Å²) in [6.07, 6.45) is -1.81. The maximum absolute atomic E-state index is 13.1. The normalized spacial score (nSPS) is 15.4. The van der Waals surface area contributed by atoms with Crippen molar-refractivity contribution in [2.75, 3.05) is 29.1 Å². The van der Waals surface area contributed by atoms with E-state index >= 15 is 0 Å². The average Bonchev–Trinajstić information content (AvgIpc) is 3.38. The lowest BCUT2D eigenvalue weighted by Gasteiger charge is -2.31. The Hall–Kier alpha value is -2.74. The predicted octanol–water partition coefficient (Wildman–Crippen LogP) is 3.13. The SMILES string of the molecule is C=CCSc1nnc(NC(=O)C2CCN(c3ccc4nnc(C(F)(F)F)n4n3)CC2)s1. The second kappa shape index (κ2) is 8.78. The monoisotopic (exact) mass is 470 g/mol. The quantitative estimate of drug-likeness (QED) is 0.333. The second-order valence-corrected chi connectivity index (χ2v) is 8.95. The summed E-state index contributed by atoms with van der Waals surface area (Å²) in [7, 11) is 0. The van der Waals surface area contributed by atoms with Gasteiger partial charge in [0.25, 0.3) is 5.82 Å². The minimum atomic E-state index is -4.65. The summed E-state index contributed by atoms with van der Waals surface area (Å²) in [4.78, 5) is 14.4. The van der Waals surface area contributed by atoms with Gasteiger partial charge in [0, 0.05) is 24.8 Å². The Morgan fingerprint density at radius 2 is 2.03 bits per heavy atom. The number of nitrogens with one attached hydrogen (secondary N) is 1. The van der Waals surface area contributed by atoms with Crippen molar-refractivity contribution in [3.63, 3.8) is 0 Å². The highest BCUT2D eigenvalue weighted by atomic mass is 32.2. The molecule has 9 nitrogen and oxygen atoms in total. The highest BCUT2D eigenvalue weighted by Gasteiger charge is 2.38. The van der Waals surface area contributed by atoms with E-state index in [1.807, 2.05) is 4.90 Å². The first-order valence-corrected chi connectivity index (χ1v) is 11.1. The standard InChI is InChI=1S/C17H17F3N8OS2/c1-2-9-30-16-25-24-15(31-16)21-13(29)10-5-7-27(8-6-10)12-4-3-11-22-23-14(17(18,19)20)28(11)26-12/h2-4,10H,1,5-9H2,(H,21,24,29). The Labute approximate surface area is 182 Å². The molecule has 1 fully saturated rings. The lowest BCUT2D eigenvalue weighted by molar-refractivity contribution is -0.146. The Balaban J connectivity index is 1.37. The molecule has 4 heterocycles. The second-order valence-electron chi connectivity index (χ2n) is 6.71. The van der Waals surface area contributed by atoms with Crippen LogP contribution in [0.3, 0.4) is 0 Å². The Morgan fingerprint density at radius 3 is 2.74 bits per heavy atom. The number of alkyl halides is 3. The molecule has 0 bridgehead atoms. The number of aromatic nitrogens is 6. The van der Waals surface area contributed by atoms with E-state index in [-0.39, 0.29) is 17.5 Å². The highest BCUT2D eigenvalue weighted by Crippen LogP contribution is 2.29. The molecule has 0 radical (unpaired) electrons. The first kappa shape index (κ1) is 21.5. The van der Waals surface area contributed by atoms with Gasteiger partial charge >= 0.3 is 6.18 Å². The van der Waals surface area contributed by atoms with Crippen LogP contribution in [0.25, 0.3) is 5.65 Å². The van der Waals surface area contributed by atoms with E-state index in [4.69, 9.17) is 0 Å². The number of anilines is 2. The summed E-state index contributed by atoms with van der Waals surface area (Å²) in [5, 5.41) is 22.0. The molecule has 0 spiro atoms. The molecule has 1 amide bonds. The van der Waals surface area contributed by atoms with Crippen LogP contribution in [-0.4, -0.2) is 54.8 Å². The van der Waals surface area contributed by atoms with E-state index in [9.17, 15) is 18.0 Å². The number of thioether (sulfide) groups is 1. The van der Waals surface area contributed by atoms with Gasteiger partial charge in [0.1, 0.15) is 5.82 Å². The van der Waals surface area contributed by atoms with Gasteiger partial charge in [-0.2, -0.15) is 17.7 Å². The van der Waals surface area contributed by atoms with E-state index in [1.54, 1.807) is 12.1 Å². The minimum absolute atomic E-state index is 0.0213. The number of amides is 1. The Kier molecular flexibility index (Phi) is 6.09. The van der Waals surface area contributed by atoms with Crippen LogP contribution in [0.1, 0.15) is 18.7 Å². The number of rotatable bonds is 6. The molecule has 1 saturated heterocycles. The van der Waals surface area contributed by atoms with Crippen LogP contribution in [0, 0.1) is 5.92 Å². The minimum Gasteiger partial charge on any atom is -0.355 e. The van der Waals surface area contributed by atoms with Crippen molar-refractivity contribution in [2.45, 2.75) is 23.4 Å². The summed E-state index contributed by atoms with van der Waals surface area (Å²) < 4.78 is 40.7. The van der Waals surface area contributed by atoms with Crippen LogP contribution < -0.4 is 10.2 Å². The van der Waals surface area contributed by atoms with Gasteiger partial charge < -0.3 is 10.2 Å². The number of hydrogen-bond donors (Lipinski definition) is 1. The third-order valence-corrected chi connectivity index (χ3v) is 6.62. The van der Waals surface area contributed by atoms with Gasteiger partial charge in [0.05, 0.1) is 0 Å². The average molecular weight is 471 g/mol.